The number of hydrogen-bond acceptors (Lipinski definition) is 4. The Morgan fingerprint density at radius 1 is 1.50 bits per heavy atom. The lowest BCUT2D eigenvalue weighted by Crippen LogP contribution is -2.38. The minimum Gasteiger partial charge on any atom is -0.492 e. The molecule has 1 amide bonds. The Balaban J connectivity index is 2.33. The van der Waals surface area contributed by atoms with E-state index in [-0.39, 0.29) is 30.1 Å². The average molecular weight is 366 g/mol. The first-order valence-corrected chi connectivity index (χ1v) is 8.24. The summed E-state index contributed by atoms with van der Waals surface area (Å²) in [6, 6.07) is 4.39. The molecule has 0 aromatic heterocycles. The first-order valence-electron chi connectivity index (χ1n) is 5.97. The number of amides is 1. The summed E-state index contributed by atoms with van der Waals surface area (Å²) >= 11 is 3.15. The number of hydrogen-bond donors (Lipinski definition) is 1. The van der Waals surface area contributed by atoms with E-state index < -0.39 is 21.6 Å². The standard InChI is InChI=1S/C12H13BrFNO4S/c1-2-19-9-4-3-8(13)7-10(9)20(17,18)15-11(16)12(14)5-6-12/h3-4,7H,2,5-6H2,1H3,(H,15,16). The topological polar surface area (TPSA) is 72.5 Å². The third-order valence-corrected chi connectivity index (χ3v) is 4.66. The number of nitrogens with one attached hydrogen (secondary N) is 1. The van der Waals surface area contributed by atoms with Crippen LogP contribution in [0.5, 0.6) is 5.75 Å². The number of carbonyl (C=O) groups is 1. The van der Waals surface area contributed by atoms with E-state index in [9.17, 15) is 17.6 Å². The lowest BCUT2D eigenvalue weighted by molar-refractivity contribution is -0.125. The molecule has 1 aromatic carbocycles. The van der Waals surface area contributed by atoms with Crippen molar-refractivity contribution in [2.45, 2.75) is 30.3 Å². The van der Waals surface area contributed by atoms with Crippen molar-refractivity contribution in [1.82, 2.24) is 4.72 Å². The Labute approximate surface area is 124 Å². The molecule has 5 nitrogen and oxygen atoms in total. The molecule has 1 fully saturated rings. The predicted octanol–water partition coefficient (Wildman–Crippen LogP) is 2.15. The van der Waals surface area contributed by atoms with Crippen LogP contribution >= 0.6 is 15.9 Å². The van der Waals surface area contributed by atoms with Crippen LogP contribution in [0.4, 0.5) is 4.39 Å². The molecule has 1 aliphatic rings. The van der Waals surface area contributed by atoms with Gasteiger partial charge in [0.15, 0.2) is 5.67 Å². The van der Waals surface area contributed by atoms with Gasteiger partial charge in [0, 0.05) is 4.47 Å². The predicted molar refractivity (Wildman–Crippen MR) is 73.7 cm³/mol. The number of alkyl halides is 1. The zero-order valence-electron chi connectivity index (χ0n) is 10.7. The fourth-order valence-electron chi connectivity index (χ4n) is 1.57. The molecule has 0 unspecified atom stereocenters. The van der Waals surface area contributed by atoms with Crippen LogP contribution in [-0.4, -0.2) is 26.6 Å². The number of rotatable bonds is 5. The monoisotopic (exact) mass is 365 g/mol. The maximum atomic E-state index is 13.6. The second-order valence-corrected chi connectivity index (χ2v) is 6.99. The highest BCUT2D eigenvalue weighted by molar-refractivity contribution is 9.10. The van der Waals surface area contributed by atoms with Crippen LogP contribution in [0.25, 0.3) is 0 Å². The van der Waals surface area contributed by atoms with Crippen LogP contribution < -0.4 is 9.46 Å². The van der Waals surface area contributed by atoms with Gasteiger partial charge in [-0.1, -0.05) is 15.9 Å². The Bertz CT molecular complexity index is 643. The lowest BCUT2D eigenvalue weighted by atomic mass is 10.3. The second-order valence-electron chi connectivity index (χ2n) is 4.42. The summed E-state index contributed by atoms with van der Waals surface area (Å²) in [7, 11) is -4.17. The molecule has 0 atom stereocenters. The van der Waals surface area contributed by atoms with Gasteiger partial charge >= 0.3 is 0 Å². The molecule has 2 rings (SSSR count). The molecular formula is C12H13BrFNO4S. The molecule has 110 valence electrons. The van der Waals surface area contributed by atoms with Gasteiger partial charge in [-0.05, 0) is 38.0 Å². The molecule has 1 saturated carbocycles. The zero-order valence-corrected chi connectivity index (χ0v) is 13.1. The van der Waals surface area contributed by atoms with Crippen LogP contribution in [0.2, 0.25) is 0 Å². The number of benzene rings is 1. The van der Waals surface area contributed by atoms with Crippen LogP contribution in [0.3, 0.4) is 0 Å². The molecule has 0 spiro atoms. The van der Waals surface area contributed by atoms with Gasteiger partial charge in [0.05, 0.1) is 6.61 Å². The van der Waals surface area contributed by atoms with E-state index in [0.29, 0.717) is 4.47 Å². The highest BCUT2D eigenvalue weighted by atomic mass is 79.9. The summed E-state index contributed by atoms with van der Waals surface area (Å²) in [6.45, 7) is 1.98. The van der Waals surface area contributed by atoms with Gasteiger partial charge < -0.3 is 4.74 Å². The molecule has 0 aliphatic heterocycles. The van der Waals surface area contributed by atoms with Gasteiger partial charge in [0.25, 0.3) is 15.9 Å². The van der Waals surface area contributed by atoms with Crippen molar-refractivity contribution in [3.63, 3.8) is 0 Å². The van der Waals surface area contributed by atoms with E-state index >= 15 is 0 Å². The first kappa shape index (κ1) is 15.2. The van der Waals surface area contributed by atoms with Crippen molar-refractivity contribution in [2.24, 2.45) is 0 Å². The van der Waals surface area contributed by atoms with Crippen LogP contribution in [-0.2, 0) is 14.8 Å². The molecule has 1 aromatic rings. The molecule has 8 heteroatoms. The number of sulfonamides is 1. The minimum absolute atomic E-state index is 0.0468. The Hall–Kier alpha value is -1.15. The molecule has 1 aliphatic carbocycles. The first-order chi connectivity index (χ1) is 9.28. The van der Waals surface area contributed by atoms with Crippen molar-refractivity contribution in [2.75, 3.05) is 6.61 Å². The number of halogens is 2. The summed E-state index contributed by atoms with van der Waals surface area (Å²) in [5.41, 5.74) is -2.05. The minimum atomic E-state index is -4.17. The summed E-state index contributed by atoms with van der Waals surface area (Å²) in [5, 5.41) is 0. The van der Waals surface area contributed by atoms with Crippen LogP contribution in [0, 0.1) is 0 Å². The van der Waals surface area contributed by atoms with Crippen molar-refractivity contribution in [1.29, 1.82) is 0 Å². The normalized spacial score (nSPS) is 16.6. The fraction of sp³-hybridized carbons (Fsp3) is 0.417. The van der Waals surface area contributed by atoms with Crippen molar-refractivity contribution < 1.29 is 22.3 Å². The fourth-order valence-corrected chi connectivity index (χ4v) is 3.30. The van der Waals surface area contributed by atoms with E-state index in [1.54, 1.807) is 17.7 Å². The maximum absolute atomic E-state index is 13.6. The number of ether oxygens (including phenoxy) is 1. The van der Waals surface area contributed by atoms with Gasteiger partial charge in [-0.15, -0.1) is 0 Å². The van der Waals surface area contributed by atoms with E-state index in [1.807, 2.05) is 0 Å². The van der Waals surface area contributed by atoms with E-state index in [1.165, 1.54) is 12.1 Å². The van der Waals surface area contributed by atoms with Crippen LogP contribution in [0.1, 0.15) is 19.8 Å². The Morgan fingerprint density at radius 2 is 2.15 bits per heavy atom. The summed E-state index contributed by atoms with van der Waals surface area (Å²) < 4.78 is 45.4. The maximum Gasteiger partial charge on any atom is 0.271 e. The highest BCUT2D eigenvalue weighted by Crippen LogP contribution is 2.40. The molecule has 0 saturated heterocycles. The SMILES string of the molecule is CCOc1ccc(Br)cc1S(=O)(=O)NC(=O)C1(F)CC1. The quantitative estimate of drug-likeness (QED) is 0.867. The molecule has 0 bridgehead atoms. The van der Waals surface area contributed by atoms with Crippen molar-refractivity contribution in [3.05, 3.63) is 22.7 Å². The third kappa shape index (κ3) is 3.12. The van der Waals surface area contributed by atoms with Crippen molar-refractivity contribution in [3.8, 4) is 5.75 Å². The smallest absolute Gasteiger partial charge is 0.271 e. The summed E-state index contributed by atoms with van der Waals surface area (Å²) in [5.74, 6) is -1.01. The highest BCUT2D eigenvalue weighted by Gasteiger charge is 2.52. The Morgan fingerprint density at radius 3 is 2.70 bits per heavy atom. The van der Waals surface area contributed by atoms with E-state index in [2.05, 4.69) is 15.9 Å². The molecule has 1 N–H and O–H groups in total. The summed E-state index contributed by atoms with van der Waals surface area (Å²) in [6.07, 6.45) is 0.0936. The molecule has 0 radical (unpaired) electrons. The third-order valence-electron chi connectivity index (χ3n) is 2.82. The molecule has 0 heterocycles. The van der Waals surface area contributed by atoms with E-state index in [4.69, 9.17) is 4.74 Å². The largest absolute Gasteiger partial charge is 0.492 e. The van der Waals surface area contributed by atoms with Crippen LogP contribution in [0.15, 0.2) is 27.6 Å². The molecule has 20 heavy (non-hydrogen) atoms. The van der Waals surface area contributed by atoms with Crippen molar-refractivity contribution >= 4 is 31.9 Å². The van der Waals surface area contributed by atoms with Gasteiger partial charge in [-0.25, -0.2) is 17.5 Å². The van der Waals surface area contributed by atoms with Gasteiger partial charge in [0.1, 0.15) is 10.6 Å². The van der Waals surface area contributed by atoms with Gasteiger partial charge in [0.2, 0.25) is 0 Å². The lowest BCUT2D eigenvalue weighted by Gasteiger charge is -2.13. The summed E-state index contributed by atoms with van der Waals surface area (Å²) in [4.78, 5) is 11.3. The Kier molecular flexibility index (Phi) is 4.06. The average Bonchev–Trinajstić information content (AvgIpc) is 3.11. The zero-order chi connectivity index (χ0) is 15.0. The second kappa shape index (κ2) is 5.33. The van der Waals surface area contributed by atoms with Gasteiger partial charge in [-0.2, -0.15) is 0 Å². The molecular weight excluding hydrogens is 353 g/mol. The van der Waals surface area contributed by atoms with Gasteiger partial charge in [-0.3, -0.25) is 4.79 Å². The van der Waals surface area contributed by atoms with E-state index in [0.717, 1.165) is 0 Å². The number of carbonyl (C=O) groups excluding carboxylic acids is 1.